The number of carboxylic acid groups (broad SMARTS) is 1. The zero-order valence-electron chi connectivity index (χ0n) is 14.6. The predicted octanol–water partition coefficient (Wildman–Crippen LogP) is 3.95. The molecule has 0 bridgehead atoms. The third-order valence-electron chi connectivity index (χ3n) is 4.15. The van der Waals surface area contributed by atoms with E-state index >= 15 is 0 Å². The number of aromatic carboxylic acids is 1. The Labute approximate surface area is 141 Å². The van der Waals surface area contributed by atoms with Crippen molar-refractivity contribution in [3.05, 3.63) is 34.6 Å². The lowest BCUT2D eigenvalue weighted by Crippen LogP contribution is -2.41. The molecule has 1 heterocycles. The molecule has 0 aromatic heterocycles. The Kier molecular flexibility index (Phi) is 5.16. The normalized spacial score (nSPS) is 16.1. The number of nitrogens with zero attached hydrogens (tertiary/aromatic N) is 1. The maximum atomic E-state index is 13.7. The molecule has 1 amide bonds. The maximum absolute atomic E-state index is 13.7. The molecule has 1 aromatic rings. The number of carbonyl (C=O) groups excluding carboxylic acids is 1. The highest BCUT2D eigenvalue weighted by atomic mass is 19.1. The van der Waals surface area contributed by atoms with Gasteiger partial charge in [-0.05, 0) is 63.6 Å². The lowest BCUT2D eigenvalue weighted by molar-refractivity contribution is 0.0204. The van der Waals surface area contributed by atoms with E-state index in [1.165, 1.54) is 0 Å². The molecule has 1 aliphatic rings. The number of rotatable bonds is 2. The van der Waals surface area contributed by atoms with Gasteiger partial charge < -0.3 is 14.7 Å². The van der Waals surface area contributed by atoms with Gasteiger partial charge in [-0.3, -0.25) is 0 Å². The Morgan fingerprint density at radius 1 is 1.25 bits per heavy atom. The van der Waals surface area contributed by atoms with Crippen LogP contribution in [0.1, 0.15) is 61.0 Å². The van der Waals surface area contributed by atoms with Crippen LogP contribution in [0.4, 0.5) is 9.18 Å². The molecule has 24 heavy (non-hydrogen) atoms. The van der Waals surface area contributed by atoms with Gasteiger partial charge in [0.05, 0.1) is 5.56 Å². The Hall–Kier alpha value is -2.11. The summed E-state index contributed by atoms with van der Waals surface area (Å²) in [5, 5.41) is 9.33. The van der Waals surface area contributed by atoms with E-state index in [0.29, 0.717) is 37.1 Å². The molecule has 0 atom stereocenters. The number of hydrogen-bond donors (Lipinski definition) is 1. The van der Waals surface area contributed by atoms with Crippen LogP contribution in [0.25, 0.3) is 0 Å². The van der Waals surface area contributed by atoms with Gasteiger partial charge in [0.1, 0.15) is 11.4 Å². The van der Waals surface area contributed by atoms with Gasteiger partial charge in [0.25, 0.3) is 0 Å². The van der Waals surface area contributed by atoms with Gasteiger partial charge in [0, 0.05) is 13.1 Å². The maximum Gasteiger partial charge on any atom is 0.410 e. The molecule has 0 saturated carbocycles. The summed E-state index contributed by atoms with van der Waals surface area (Å²) in [7, 11) is 0. The number of carbonyl (C=O) groups is 2. The molecular formula is C18H24FNO4. The fourth-order valence-electron chi connectivity index (χ4n) is 2.93. The minimum atomic E-state index is -1.13. The smallest absolute Gasteiger partial charge is 0.410 e. The summed E-state index contributed by atoms with van der Waals surface area (Å²) < 4.78 is 19.0. The van der Waals surface area contributed by atoms with Crippen LogP contribution in [0.5, 0.6) is 0 Å². The molecule has 0 radical (unpaired) electrons. The number of carboxylic acids is 1. The second-order valence-corrected chi connectivity index (χ2v) is 7.24. The molecule has 0 spiro atoms. The molecule has 132 valence electrons. The summed E-state index contributed by atoms with van der Waals surface area (Å²) >= 11 is 0. The van der Waals surface area contributed by atoms with Crippen molar-refractivity contribution in [3.63, 3.8) is 0 Å². The van der Waals surface area contributed by atoms with Crippen LogP contribution >= 0.6 is 0 Å². The second-order valence-electron chi connectivity index (χ2n) is 7.24. The minimum Gasteiger partial charge on any atom is -0.478 e. The third kappa shape index (κ3) is 4.24. The van der Waals surface area contributed by atoms with E-state index in [1.807, 2.05) is 20.8 Å². The Bertz CT molecular complexity index is 643. The van der Waals surface area contributed by atoms with Crippen LogP contribution < -0.4 is 0 Å². The van der Waals surface area contributed by atoms with Gasteiger partial charge in [-0.25, -0.2) is 14.0 Å². The van der Waals surface area contributed by atoms with Gasteiger partial charge in [0.15, 0.2) is 0 Å². The molecule has 1 fully saturated rings. The van der Waals surface area contributed by atoms with Crippen molar-refractivity contribution in [1.29, 1.82) is 0 Å². The standard InChI is InChI=1S/C18H24FNO4/c1-11-9-13(14(16(21)22)10-15(11)19)12-5-7-20(8-6-12)17(23)24-18(2,3)4/h9-10,12H,5-8H2,1-4H3,(H,21,22). The second kappa shape index (κ2) is 6.79. The molecule has 6 heteroatoms. The van der Waals surface area contributed by atoms with Crippen LogP contribution in [0, 0.1) is 12.7 Å². The van der Waals surface area contributed by atoms with Crippen molar-refractivity contribution in [1.82, 2.24) is 4.90 Å². The SMILES string of the molecule is Cc1cc(C2CCN(C(=O)OC(C)(C)C)CC2)c(C(=O)O)cc1F. The molecule has 1 saturated heterocycles. The average molecular weight is 337 g/mol. The number of likely N-dealkylation sites (tertiary alicyclic amines) is 1. The molecule has 1 aliphatic heterocycles. The largest absolute Gasteiger partial charge is 0.478 e. The zero-order valence-corrected chi connectivity index (χ0v) is 14.6. The van der Waals surface area contributed by atoms with E-state index in [0.717, 1.165) is 6.07 Å². The number of benzene rings is 1. The summed E-state index contributed by atoms with van der Waals surface area (Å²) in [6.45, 7) is 8.07. The number of ether oxygens (including phenoxy) is 1. The van der Waals surface area contributed by atoms with E-state index < -0.39 is 17.4 Å². The van der Waals surface area contributed by atoms with Crippen molar-refractivity contribution in [2.75, 3.05) is 13.1 Å². The number of halogens is 1. The van der Waals surface area contributed by atoms with E-state index in [2.05, 4.69) is 0 Å². The molecule has 5 nitrogen and oxygen atoms in total. The zero-order chi connectivity index (χ0) is 18.1. The first kappa shape index (κ1) is 18.2. The van der Waals surface area contributed by atoms with E-state index in [4.69, 9.17) is 4.74 Å². The molecule has 0 unspecified atom stereocenters. The fourth-order valence-corrected chi connectivity index (χ4v) is 2.93. The van der Waals surface area contributed by atoms with Crippen LogP contribution in [-0.2, 0) is 4.74 Å². The Morgan fingerprint density at radius 3 is 2.33 bits per heavy atom. The number of piperidine rings is 1. The molecule has 2 rings (SSSR count). The predicted molar refractivity (Wildman–Crippen MR) is 87.9 cm³/mol. The molecule has 1 aromatic carbocycles. The van der Waals surface area contributed by atoms with Gasteiger partial charge >= 0.3 is 12.1 Å². The van der Waals surface area contributed by atoms with E-state index in [9.17, 15) is 19.1 Å². The summed E-state index contributed by atoms with van der Waals surface area (Å²) in [6.07, 6.45) is 0.907. The van der Waals surface area contributed by atoms with Crippen molar-refractivity contribution in [3.8, 4) is 0 Å². The molecular weight excluding hydrogens is 313 g/mol. The summed E-state index contributed by atoms with van der Waals surface area (Å²) in [5.41, 5.74) is 0.544. The monoisotopic (exact) mass is 337 g/mol. The van der Waals surface area contributed by atoms with Crippen molar-refractivity contribution >= 4 is 12.1 Å². The number of aryl methyl sites for hydroxylation is 1. The molecule has 0 aliphatic carbocycles. The van der Waals surface area contributed by atoms with E-state index in [-0.39, 0.29) is 17.6 Å². The lowest BCUT2D eigenvalue weighted by Gasteiger charge is -2.34. The first-order chi connectivity index (χ1) is 11.1. The summed E-state index contributed by atoms with van der Waals surface area (Å²) in [4.78, 5) is 25.1. The summed E-state index contributed by atoms with van der Waals surface area (Å²) in [6, 6.07) is 2.71. The van der Waals surface area contributed by atoms with Crippen molar-refractivity contribution in [2.45, 2.75) is 52.1 Å². The van der Waals surface area contributed by atoms with Crippen LogP contribution in [-0.4, -0.2) is 40.8 Å². The first-order valence-corrected chi connectivity index (χ1v) is 8.10. The third-order valence-corrected chi connectivity index (χ3v) is 4.15. The highest BCUT2D eigenvalue weighted by molar-refractivity contribution is 5.89. The van der Waals surface area contributed by atoms with Crippen LogP contribution in [0.3, 0.4) is 0 Å². The van der Waals surface area contributed by atoms with Gasteiger partial charge in [0.2, 0.25) is 0 Å². The van der Waals surface area contributed by atoms with Crippen molar-refractivity contribution < 1.29 is 23.8 Å². The topological polar surface area (TPSA) is 66.8 Å². The Balaban J connectivity index is 2.11. The quantitative estimate of drug-likeness (QED) is 0.887. The summed E-state index contributed by atoms with van der Waals surface area (Å²) in [5.74, 6) is -1.64. The number of amides is 1. The Morgan fingerprint density at radius 2 is 1.83 bits per heavy atom. The molecule has 1 N–H and O–H groups in total. The van der Waals surface area contributed by atoms with Gasteiger partial charge in [-0.1, -0.05) is 6.07 Å². The fraction of sp³-hybridized carbons (Fsp3) is 0.556. The average Bonchev–Trinajstić information content (AvgIpc) is 2.48. The van der Waals surface area contributed by atoms with Crippen LogP contribution in [0.2, 0.25) is 0 Å². The van der Waals surface area contributed by atoms with Gasteiger partial charge in [-0.2, -0.15) is 0 Å². The van der Waals surface area contributed by atoms with Gasteiger partial charge in [-0.15, -0.1) is 0 Å². The highest BCUT2D eigenvalue weighted by Crippen LogP contribution is 2.32. The highest BCUT2D eigenvalue weighted by Gasteiger charge is 2.29. The first-order valence-electron chi connectivity index (χ1n) is 8.10. The lowest BCUT2D eigenvalue weighted by atomic mass is 9.85. The van der Waals surface area contributed by atoms with Crippen molar-refractivity contribution in [2.24, 2.45) is 0 Å². The minimum absolute atomic E-state index is 0.00548. The van der Waals surface area contributed by atoms with E-state index in [1.54, 1.807) is 17.9 Å². The van der Waals surface area contributed by atoms with Crippen LogP contribution in [0.15, 0.2) is 12.1 Å². The number of hydrogen-bond acceptors (Lipinski definition) is 3.